The Balaban J connectivity index is 1.88. The second kappa shape index (κ2) is 5.26. The van der Waals surface area contributed by atoms with Crippen LogP contribution in [0.3, 0.4) is 0 Å². The van der Waals surface area contributed by atoms with Crippen LogP contribution in [0.2, 0.25) is 0 Å². The van der Waals surface area contributed by atoms with Crippen LogP contribution in [0.15, 0.2) is 6.07 Å². The second-order valence-corrected chi connectivity index (χ2v) is 6.29. The SMILES string of the molecule is Cc1nnc2n1CCN(C(=O)c1cc(C)n(C(C)C)c1C)C2. The Labute approximate surface area is 130 Å². The average Bonchev–Trinajstić information content (AvgIpc) is 2.98. The summed E-state index contributed by atoms with van der Waals surface area (Å²) < 4.78 is 4.30. The van der Waals surface area contributed by atoms with Gasteiger partial charge in [0.2, 0.25) is 0 Å². The predicted octanol–water partition coefficient (Wildman–Crippen LogP) is 2.24. The lowest BCUT2D eigenvalue weighted by molar-refractivity contribution is 0.0706. The Morgan fingerprint density at radius 3 is 2.55 bits per heavy atom. The molecular formula is C16H23N5O. The first-order valence-electron chi connectivity index (χ1n) is 7.76. The van der Waals surface area contributed by atoms with Crippen molar-refractivity contribution in [2.75, 3.05) is 6.54 Å². The predicted molar refractivity (Wildman–Crippen MR) is 83.8 cm³/mol. The molecule has 22 heavy (non-hydrogen) atoms. The standard InChI is InChI=1S/C16H23N5O/c1-10(2)21-11(3)8-14(12(21)4)16(22)19-6-7-20-13(5)17-18-15(20)9-19/h8,10H,6-7,9H2,1-5H3. The van der Waals surface area contributed by atoms with E-state index in [1.165, 1.54) is 0 Å². The molecule has 6 heteroatoms. The van der Waals surface area contributed by atoms with Gasteiger partial charge >= 0.3 is 0 Å². The van der Waals surface area contributed by atoms with Crippen LogP contribution in [0.4, 0.5) is 0 Å². The lowest BCUT2D eigenvalue weighted by Crippen LogP contribution is -2.38. The first-order valence-corrected chi connectivity index (χ1v) is 7.76. The summed E-state index contributed by atoms with van der Waals surface area (Å²) in [6.45, 7) is 12.3. The van der Waals surface area contributed by atoms with Gasteiger partial charge in [-0.05, 0) is 40.7 Å². The summed E-state index contributed by atoms with van der Waals surface area (Å²) in [5.74, 6) is 1.88. The van der Waals surface area contributed by atoms with Gasteiger partial charge in [0.15, 0.2) is 5.82 Å². The minimum absolute atomic E-state index is 0.0897. The molecular weight excluding hydrogens is 278 g/mol. The highest BCUT2D eigenvalue weighted by Crippen LogP contribution is 2.23. The van der Waals surface area contributed by atoms with Crippen LogP contribution < -0.4 is 0 Å². The fraction of sp³-hybridized carbons (Fsp3) is 0.562. The van der Waals surface area contributed by atoms with Crippen molar-refractivity contribution in [3.05, 3.63) is 34.7 Å². The lowest BCUT2D eigenvalue weighted by atomic mass is 10.2. The van der Waals surface area contributed by atoms with Crippen molar-refractivity contribution in [3.63, 3.8) is 0 Å². The third kappa shape index (κ3) is 2.23. The van der Waals surface area contributed by atoms with E-state index in [4.69, 9.17) is 0 Å². The molecule has 0 spiro atoms. The molecule has 0 atom stereocenters. The summed E-state index contributed by atoms with van der Waals surface area (Å²) in [6.07, 6.45) is 0. The van der Waals surface area contributed by atoms with Crippen molar-refractivity contribution in [3.8, 4) is 0 Å². The molecule has 1 aliphatic heterocycles. The van der Waals surface area contributed by atoms with Crippen molar-refractivity contribution in [2.45, 2.75) is 53.8 Å². The van der Waals surface area contributed by atoms with Crippen molar-refractivity contribution >= 4 is 5.91 Å². The van der Waals surface area contributed by atoms with Gasteiger partial charge in [-0.15, -0.1) is 10.2 Å². The molecule has 3 heterocycles. The zero-order chi connectivity index (χ0) is 16.0. The molecule has 0 fully saturated rings. The largest absolute Gasteiger partial charge is 0.346 e. The van der Waals surface area contributed by atoms with Crippen molar-refractivity contribution in [1.29, 1.82) is 0 Å². The normalized spacial score (nSPS) is 14.5. The minimum Gasteiger partial charge on any atom is -0.346 e. The molecule has 2 aromatic rings. The van der Waals surface area contributed by atoms with Gasteiger partial charge in [0.1, 0.15) is 5.82 Å². The summed E-state index contributed by atoms with van der Waals surface area (Å²) in [5, 5.41) is 8.26. The zero-order valence-electron chi connectivity index (χ0n) is 13.9. The maximum absolute atomic E-state index is 12.9. The topological polar surface area (TPSA) is 56.0 Å². The summed E-state index contributed by atoms with van der Waals surface area (Å²) >= 11 is 0. The van der Waals surface area contributed by atoms with Gasteiger partial charge in [0.25, 0.3) is 5.91 Å². The Kier molecular flexibility index (Phi) is 3.54. The highest BCUT2D eigenvalue weighted by molar-refractivity contribution is 5.95. The molecule has 0 N–H and O–H groups in total. The molecule has 0 saturated carbocycles. The highest BCUT2D eigenvalue weighted by Gasteiger charge is 2.27. The van der Waals surface area contributed by atoms with Gasteiger partial charge in [-0.2, -0.15) is 0 Å². The van der Waals surface area contributed by atoms with Gasteiger partial charge in [-0.25, -0.2) is 0 Å². The number of rotatable bonds is 2. The number of aryl methyl sites for hydroxylation is 2. The number of hydrogen-bond acceptors (Lipinski definition) is 3. The summed E-state index contributed by atoms with van der Waals surface area (Å²) in [4.78, 5) is 14.8. The van der Waals surface area contributed by atoms with Crippen LogP contribution in [0.25, 0.3) is 0 Å². The summed E-state index contributed by atoms with van der Waals surface area (Å²) in [7, 11) is 0. The van der Waals surface area contributed by atoms with E-state index in [1.807, 2.05) is 24.8 Å². The number of aromatic nitrogens is 4. The lowest BCUT2D eigenvalue weighted by Gasteiger charge is -2.27. The smallest absolute Gasteiger partial charge is 0.256 e. The van der Waals surface area contributed by atoms with E-state index in [0.29, 0.717) is 19.1 Å². The fourth-order valence-corrected chi connectivity index (χ4v) is 3.44. The summed E-state index contributed by atoms with van der Waals surface area (Å²) in [5.41, 5.74) is 2.98. The number of hydrogen-bond donors (Lipinski definition) is 0. The highest BCUT2D eigenvalue weighted by atomic mass is 16.2. The Hall–Kier alpha value is -2.11. The zero-order valence-corrected chi connectivity index (χ0v) is 13.9. The Bertz CT molecular complexity index is 725. The van der Waals surface area contributed by atoms with Gasteiger partial charge in [0.05, 0.1) is 12.1 Å². The van der Waals surface area contributed by atoms with E-state index in [9.17, 15) is 4.79 Å². The molecule has 118 valence electrons. The molecule has 1 aliphatic rings. The molecule has 0 aliphatic carbocycles. The van der Waals surface area contributed by atoms with E-state index in [2.05, 4.69) is 40.1 Å². The fourth-order valence-electron chi connectivity index (χ4n) is 3.44. The van der Waals surface area contributed by atoms with E-state index < -0.39 is 0 Å². The maximum atomic E-state index is 12.9. The van der Waals surface area contributed by atoms with E-state index >= 15 is 0 Å². The van der Waals surface area contributed by atoms with Crippen LogP contribution in [0.1, 0.15) is 53.3 Å². The first-order chi connectivity index (χ1) is 10.4. The number of carbonyl (C=O) groups is 1. The van der Waals surface area contributed by atoms with E-state index in [0.717, 1.165) is 35.1 Å². The molecule has 3 rings (SSSR count). The van der Waals surface area contributed by atoms with Crippen LogP contribution >= 0.6 is 0 Å². The van der Waals surface area contributed by atoms with Gasteiger partial charge in [0, 0.05) is 30.5 Å². The van der Waals surface area contributed by atoms with Gasteiger partial charge in [-0.1, -0.05) is 0 Å². The number of fused-ring (bicyclic) bond motifs is 1. The molecule has 2 aromatic heterocycles. The monoisotopic (exact) mass is 301 g/mol. The molecule has 1 amide bonds. The van der Waals surface area contributed by atoms with Crippen molar-refractivity contribution in [1.82, 2.24) is 24.2 Å². The second-order valence-electron chi connectivity index (χ2n) is 6.29. The van der Waals surface area contributed by atoms with Crippen LogP contribution in [0.5, 0.6) is 0 Å². The van der Waals surface area contributed by atoms with Crippen molar-refractivity contribution < 1.29 is 4.79 Å². The molecule has 0 radical (unpaired) electrons. The minimum atomic E-state index is 0.0897. The summed E-state index contributed by atoms with van der Waals surface area (Å²) in [6, 6.07) is 2.36. The average molecular weight is 301 g/mol. The first kappa shape index (κ1) is 14.8. The third-order valence-electron chi connectivity index (χ3n) is 4.46. The molecule has 6 nitrogen and oxygen atoms in total. The molecule has 0 unspecified atom stereocenters. The number of carbonyl (C=O) groups excluding carboxylic acids is 1. The van der Waals surface area contributed by atoms with Crippen molar-refractivity contribution in [2.24, 2.45) is 0 Å². The third-order valence-corrected chi connectivity index (χ3v) is 4.46. The molecule has 0 aromatic carbocycles. The number of nitrogens with zero attached hydrogens (tertiary/aromatic N) is 5. The Morgan fingerprint density at radius 1 is 1.18 bits per heavy atom. The van der Waals surface area contributed by atoms with Crippen LogP contribution in [0, 0.1) is 20.8 Å². The molecule has 0 saturated heterocycles. The van der Waals surface area contributed by atoms with Crippen LogP contribution in [-0.2, 0) is 13.1 Å². The van der Waals surface area contributed by atoms with Gasteiger partial charge < -0.3 is 14.0 Å². The van der Waals surface area contributed by atoms with Gasteiger partial charge in [-0.3, -0.25) is 4.79 Å². The van der Waals surface area contributed by atoms with E-state index in [1.54, 1.807) is 0 Å². The van der Waals surface area contributed by atoms with Crippen LogP contribution in [-0.4, -0.2) is 36.7 Å². The Morgan fingerprint density at radius 2 is 1.91 bits per heavy atom. The number of amides is 1. The maximum Gasteiger partial charge on any atom is 0.256 e. The van der Waals surface area contributed by atoms with E-state index in [-0.39, 0.29) is 5.91 Å². The molecule has 0 bridgehead atoms. The quantitative estimate of drug-likeness (QED) is 0.855.